The van der Waals surface area contributed by atoms with Crippen LogP contribution in [0.4, 0.5) is 11.4 Å². The number of nitrogen functional groups attached to an aromatic ring is 2. The van der Waals surface area contributed by atoms with E-state index in [1.165, 1.54) is 125 Å². The molecular formula is C61H43N4O2P. The molecule has 0 fully saturated rings. The summed E-state index contributed by atoms with van der Waals surface area (Å²) in [7, 11) is 2.42. The zero-order valence-corrected chi connectivity index (χ0v) is 39.4. The number of benzene rings is 13. The predicted octanol–water partition coefficient (Wildman–Crippen LogP) is 13.4. The molecule has 6 nitrogen and oxygen atoms in total. The number of pyridine rings is 2. The standard InChI is InChI=1S/C46H22O2.C12H10N4.C2H6.CH5P/c1-17-13-27-21-7-3-5-19-23-9-11-25-37-35(23)43-39(31(19)21)41-33(27)29(15-17)30-16-18(2)14-28-22-8-4-6-20-24-10-12-26(46(48)45(25)47)38(37)36(24)44(43)40(32(20)22)42(41)34(28)30;13-9-7-3-1-5-15-11(7)12-8(10(9)14)4-2-6-16-12;2*1-2/h3-7,9,11-16H,8,10H2,1-2H3;1-6H,13-14H2;1-2H3;2H2,1H3. The average Bonchev–Trinajstić information content (AvgIpc) is 3.38. The van der Waals surface area contributed by atoms with Crippen molar-refractivity contribution < 1.29 is 0 Å². The van der Waals surface area contributed by atoms with Crippen LogP contribution in [0, 0.1) is 13.8 Å². The molecule has 2 aromatic heterocycles. The quantitative estimate of drug-likeness (QED) is 0.0392. The summed E-state index contributed by atoms with van der Waals surface area (Å²) in [5.41, 5.74) is 20.6. The Kier molecular flexibility index (Phi) is 7.78. The number of hydrogen-bond donors (Lipinski definition) is 2. The summed E-state index contributed by atoms with van der Waals surface area (Å²) in [6, 6.07) is 28.0. The molecule has 1 atom stereocenters. The molecule has 4 N–H and O–H groups in total. The van der Waals surface area contributed by atoms with E-state index in [-0.39, 0.29) is 10.9 Å². The molecule has 13 aromatic carbocycles. The molecule has 15 aromatic rings. The van der Waals surface area contributed by atoms with Crippen LogP contribution < -0.4 is 27.5 Å². The van der Waals surface area contributed by atoms with Crippen LogP contribution in [0.1, 0.15) is 41.7 Å². The lowest BCUT2D eigenvalue weighted by Crippen LogP contribution is -2.39. The number of nitrogens with zero attached hydrogens (tertiary/aromatic N) is 2. The molecule has 0 aliphatic heterocycles. The van der Waals surface area contributed by atoms with E-state index in [2.05, 4.69) is 99.8 Å². The second-order valence-electron chi connectivity index (χ2n) is 18.6. The van der Waals surface area contributed by atoms with Gasteiger partial charge in [0.1, 0.15) is 0 Å². The fourth-order valence-electron chi connectivity index (χ4n) is 13.3. The highest BCUT2D eigenvalue weighted by Crippen LogP contribution is 2.60. The maximum Gasteiger partial charge on any atom is 0.234 e. The van der Waals surface area contributed by atoms with Crippen LogP contribution in [-0.4, -0.2) is 16.6 Å². The Hall–Kier alpha value is -7.79. The van der Waals surface area contributed by atoms with E-state index < -0.39 is 0 Å². The minimum Gasteiger partial charge on any atom is -0.396 e. The van der Waals surface area contributed by atoms with Crippen molar-refractivity contribution in [2.24, 2.45) is 0 Å². The first-order valence-corrected chi connectivity index (χ1v) is 24.7. The third kappa shape index (κ3) is 4.39. The van der Waals surface area contributed by atoms with E-state index in [0.717, 1.165) is 44.4 Å². The molecule has 0 amide bonds. The van der Waals surface area contributed by atoms with E-state index in [9.17, 15) is 9.59 Å². The van der Waals surface area contributed by atoms with E-state index in [0.29, 0.717) is 28.4 Å². The Labute approximate surface area is 390 Å². The lowest BCUT2D eigenvalue weighted by Gasteiger charge is -2.32. The lowest BCUT2D eigenvalue weighted by molar-refractivity contribution is 1.28. The van der Waals surface area contributed by atoms with Crippen molar-refractivity contribution in [3.05, 3.63) is 151 Å². The smallest absolute Gasteiger partial charge is 0.234 e. The second kappa shape index (κ2) is 13.4. The SMILES string of the molecule is CC.CP.Cc1cc2c3c4c(c5c6c7c(c(=O)c(=O)c8ccc9c%10cccc%11c%12cc(C)cc%13c(c1)c2c1c4c6c(c9c87)c(c%11%10)c1c%13%12)=CC5)C=CC3.Nc1c(N)c2cccnc2c2ncccc12. The number of fused-ring (bicyclic) bond motifs is 8. The van der Waals surface area contributed by atoms with Crippen molar-refractivity contribution in [3.8, 4) is 0 Å². The van der Waals surface area contributed by atoms with Gasteiger partial charge in [0.05, 0.1) is 22.4 Å². The predicted molar refractivity (Wildman–Crippen MR) is 297 cm³/mol. The Balaban J connectivity index is 0.000000185. The van der Waals surface area contributed by atoms with E-state index in [4.69, 9.17) is 11.5 Å². The average molecular weight is 895 g/mol. The highest BCUT2D eigenvalue weighted by Gasteiger charge is 2.34. The first kappa shape index (κ1) is 39.4. The highest BCUT2D eigenvalue weighted by atomic mass is 31.0. The number of rotatable bonds is 0. The molecule has 0 saturated heterocycles. The number of allylic oxidation sites excluding steroid dienone is 1. The first-order valence-electron chi connectivity index (χ1n) is 23.6. The summed E-state index contributed by atoms with van der Waals surface area (Å²) in [6.45, 7) is 10.4. The molecule has 324 valence electrons. The van der Waals surface area contributed by atoms with Gasteiger partial charge in [0.15, 0.2) is 0 Å². The zero-order chi connectivity index (χ0) is 46.3. The van der Waals surface area contributed by atoms with Crippen LogP contribution >= 0.6 is 9.24 Å². The van der Waals surface area contributed by atoms with Crippen molar-refractivity contribution in [2.75, 3.05) is 18.1 Å². The molecule has 1 unspecified atom stereocenters. The van der Waals surface area contributed by atoms with E-state index >= 15 is 0 Å². The normalized spacial score (nSPS) is 13.3. The van der Waals surface area contributed by atoms with Crippen LogP contribution in [0.5, 0.6) is 0 Å². The van der Waals surface area contributed by atoms with Gasteiger partial charge in [-0.3, -0.25) is 19.6 Å². The third-order valence-electron chi connectivity index (χ3n) is 15.5. The maximum atomic E-state index is 13.9. The maximum absolute atomic E-state index is 13.9. The van der Waals surface area contributed by atoms with E-state index in [1.54, 1.807) is 12.4 Å². The van der Waals surface area contributed by atoms with Crippen molar-refractivity contribution in [3.63, 3.8) is 0 Å². The van der Waals surface area contributed by atoms with Gasteiger partial charge in [-0.05, 0) is 187 Å². The minimum absolute atomic E-state index is 0.359. The molecular weight excluding hydrogens is 852 g/mol. The summed E-state index contributed by atoms with van der Waals surface area (Å²) < 4.78 is 0. The number of aryl methyl sites for hydroxylation is 2. The van der Waals surface area contributed by atoms with Gasteiger partial charge in [0, 0.05) is 44.5 Å². The summed E-state index contributed by atoms with van der Waals surface area (Å²) in [5, 5.41) is 29.7. The summed E-state index contributed by atoms with van der Waals surface area (Å²) in [5.74, 6) is 0. The van der Waals surface area contributed by atoms with E-state index in [1.807, 2.05) is 50.8 Å². The second-order valence-corrected chi connectivity index (χ2v) is 18.6. The first-order chi connectivity index (χ1) is 33.3. The molecule has 0 bridgehead atoms. The van der Waals surface area contributed by atoms with Crippen molar-refractivity contribution >= 4 is 173 Å². The summed E-state index contributed by atoms with van der Waals surface area (Å²) in [6.07, 6.45) is 11.8. The van der Waals surface area contributed by atoms with Crippen molar-refractivity contribution in [2.45, 2.75) is 40.5 Å². The van der Waals surface area contributed by atoms with Gasteiger partial charge in [-0.2, -0.15) is 0 Å². The van der Waals surface area contributed by atoms with Gasteiger partial charge in [0.2, 0.25) is 10.9 Å². The third-order valence-corrected chi connectivity index (χ3v) is 15.5. The molecule has 0 saturated carbocycles. The van der Waals surface area contributed by atoms with Crippen LogP contribution in [0.15, 0.2) is 107 Å². The molecule has 2 aliphatic rings. The Morgan fingerprint density at radius 2 is 0.926 bits per heavy atom. The number of hydrogen-bond acceptors (Lipinski definition) is 6. The number of nitrogens with two attached hydrogens (primary N) is 2. The van der Waals surface area contributed by atoms with Gasteiger partial charge in [0.25, 0.3) is 0 Å². The molecule has 2 heterocycles. The molecule has 0 radical (unpaired) electrons. The van der Waals surface area contributed by atoms with Gasteiger partial charge in [-0.1, -0.05) is 87.3 Å². The summed E-state index contributed by atoms with van der Waals surface area (Å²) >= 11 is 0. The van der Waals surface area contributed by atoms with Gasteiger partial charge >= 0.3 is 0 Å². The fraction of sp³-hybridized carbons (Fsp3) is 0.115. The van der Waals surface area contributed by atoms with Crippen LogP contribution in [-0.2, 0) is 12.8 Å². The van der Waals surface area contributed by atoms with Gasteiger partial charge in [-0.15, -0.1) is 9.24 Å². The van der Waals surface area contributed by atoms with Gasteiger partial charge < -0.3 is 11.5 Å². The Morgan fingerprint density at radius 3 is 1.57 bits per heavy atom. The molecule has 0 spiro atoms. The van der Waals surface area contributed by atoms with Crippen molar-refractivity contribution in [1.29, 1.82) is 0 Å². The molecule has 68 heavy (non-hydrogen) atoms. The Bertz CT molecular complexity index is 4860. The van der Waals surface area contributed by atoms with Crippen molar-refractivity contribution in [1.82, 2.24) is 9.97 Å². The lowest BCUT2D eigenvalue weighted by atomic mass is 9.70. The molecule has 2 aliphatic carbocycles. The number of aromatic nitrogens is 2. The molecule has 17 rings (SSSR count). The van der Waals surface area contributed by atoms with Crippen LogP contribution in [0.3, 0.4) is 0 Å². The topological polar surface area (TPSA) is 112 Å². The zero-order valence-electron chi connectivity index (χ0n) is 38.2. The van der Waals surface area contributed by atoms with Crippen LogP contribution in [0.25, 0.3) is 152 Å². The van der Waals surface area contributed by atoms with Gasteiger partial charge in [-0.25, -0.2) is 0 Å². The summed E-state index contributed by atoms with van der Waals surface area (Å²) in [4.78, 5) is 36.4. The largest absolute Gasteiger partial charge is 0.396 e. The highest BCUT2D eigenvalue weighted by molar-refractivity contribution is 7.15. The fourth-order valence-corrected chi connectivity index (χ4v) is 13.3. The van der Waals surface area contributed by atoms with Crippen LogP contribution in [0.2, 0.25) is 0 Å². The monoisotopic (exact) mass is 894 g/mol. The molecule has 7 heteroatoms. The Morgan fingerprint density at radius 1 is 0.456 bits per heavy atom. The number of anilines is 2. The minimum atomic E-state index is -0.372.